The van der Waals surface area contributed by atoms with Crippen molar-refractivity contribution in [3.8, 4) is 0 Å². The summed E-state index contributed by atoms with van der Waals surface area (Å²) in [6.07, 6.45) is 0.950. The first-order chi connectivity index (χ1) is 9.32. The number of likely N-dealkylation sites (N-methyl/N-ethyl adjacent to an activating group) is 1. The summed E-state index contributed by atoms with van der Waals surface area (Å²) in [6, 6.07) is -0.508. The van der Waals surface area contributed by atoms with Gasteiger partial charge in [-0.2, -0.15) is 0 Å². The third-order valence-corrected chi connectivity index (χ3v) is 3.97. The van der Waals surface area contributed by atoms with E-state index in [1.165, 1.54) is 4.90 Å². The van der Waals surface area contributed by atoms with Gasteiger partial charge in [0.25, 0.3) is 5.91 Å². The van der Waals surface area contributed by atoms with Gasteiger partial charge in [-0.1, -0.05) is 0 Å². The molecule has 2 rings (SSSR count). The molecule has 1 N–H and O–H groups in total. The largest absolute Gasteiger partial charge is 0.381 e. The van der Waals surface area contributed by atoms with Crippen molar-refractivity contribution in [2.24, 2.45) is 5.92 Å². The maximum absolute atomic E-state index is 12.2. The van der Waals surface area contributed by atoms with Crippen molar-refractivity contribution in [1.82, 2.24) is 15.1 Å². The smallest absolute Gasteiger partial charge is 0.325 e. The van der Waals surface area contributed by atoms with Gasteiger partial charge in [-0.05, 0) is 20.3 Å². The average Bonchev–Trinajstić information content (AvgIpc) is 2.92. The average molecular weight is 283 g/mol. The molecule has 2 aliphatic rings. The molecule has 1 atom stereocenters. The Morgan fingerprint density at radius 3 is 2.70 bits per heavy atom. The number of carbonyl (C=O) groups is 3. The van der Waals surface area contributed by atoms with Gasteiger partial charge in [-0.15, -0.1) is 0 Å². The summed E-state index contributed by atoms with van der Waals surface area (Å²) in [5, 5.41) is 2.23. The second kappa shape index (κ2) is 5.40. The first-order valence-electron chi connectivity index (χ1n) is 6.77. The van der Waals surface area contributed by atoms with Crippen molar-refractivity contribution >= 4 is 17.8 Å². The Balaban J connectivity index is 1.93. The Hall–Kier alpha value is -1.63. The zero-order valence-corrected chi connectivity index (χ0v) is 12.1. The fraction of sp³-hybridized carbons (Fsp3) is 0.769. The molecule has 112 valence electrons. The van der Waals surface area contributed by atoms with Gasteiger partial charge in [0.1, 0.15) is 12.1 Å². The SMILES string of the molecule is CN(C[C@@H]1CCOC1)C(=O)CN1C(=O)NC(=O)C1(C)C. The summed E-state index contributed by atoms with van der Waals surface area (Å²) in [4.78, 5) is 38.4. The minimum atomic E-state index is -0.982. The first kappa shape index (κ1) is 14.8. The highest BCUT2D eigenvalue weighted by Crippen LogP contribution is 2.21. The number of nitrogens with zero attached hydrogens (tertiary/aromatic N) is 2. The van der Waals surface area contributed by atoms with Crippen LogP contribution in [0.1, 0.15) is 20.3 Å². The number of carbonyl (C=O) groups excluding carboxylic acids is 3. The highest BCUT2D eigenvalue weighted by Gasteiger charge is 2.46. The van der Waals surface area contributed by atoms with Crippen LogP contribution in [-0.4, -0.2) is 66.5 Å². The van der Waals surface area contributed by atoms with Crippen molar-refractivity contribution in [1.29, 1.82) is 0 Å². The highest BCUT2D eigenvalue weighted by atomic mass is 16.5. The second-order valence-corrected chi connectivity index (χ2v) is 5.91. The van der Waals surface area contributed by atoms with E-state index in [0.29, 0.717) is 19.1 Å². The van der Waals surface area contributed by atoms with E-state index in [-0.39, 0.29) is 18.4 Å². The first-order valence-corrected chi connectivity index (χ1v) is 6.77. The van der Waals surface area contributed by atoms with Crippen molar-refractivity contribution in [3.05, 3.63) is 0 Å². The van der Waals surface area contributed by atoms with E-state index in [1.54, 1.807) is 25.8 Å². The molecule has 2 heterocycles. The molecule has 0 aliphatic carbocycles. The summed E-state index contributed by atoms with van der Waals surface area (Å²) >= 11 is 0. The van der Waals surface area contributed by atoms with Crippen LogP contribution in [0.4, 0.5) is 4.79 Å². The van der Waals surface area contributed by atoms with Gasteiger partial charge >= 0.3 is 6.03 Å². The molecule has 0 aromatic heterocycles. The molecule has 0 aromatic rings. The topological polar surface area (TPSA) is 79.0 Å². The van der Waals surface area contributed by atoms with Crippen LogP contribution >= 0.6 is 0 Å². The molecule has 7 nitrogen and oxygen atoms in total. The molecular weight excluding hydrogens is 262 g/mol. The summed E-state index contributed by atoms with van der Waals surface area (Å²) in [6.45, 7) is 5.20. The van der Waals surface area contributed by atoms with E-state index in [9.17, 15) is 14.4 Å². The predicted molar refractivity (Wildman–Crippen MR) is 70.9 cm³/mol. The third kappa shape index (κ3) is 2.77. The lowest BCUT2D eigenvalue weighted by Crippen LogP contribution is -2.49. The standard InChI is InChI=1S/C13H21N3O4/c1-13(2)11(18)14-12(19)16(13)7-10(17)15(3)6-9-4-5-20-8-9/h9H,4-8H2,1-3H3,(H,14,18,19)/t9-/m0/s1. The van der Waals surface area contributed by atoms with Gasteiger partial charge in [0.05, 0.1) is 6.61 Å². The molecule has 2 saturated heterocycles. The van der Waals surface area contributed by atoms with Crippen LogP contribution in [0.2, 0.25) is 0 Å². The number of amides is 4. The van der Waals surface area contributed by atoms with E-state index < -0.39 is 11.6 Å². The maximum atomic E-state index is 12.2. The molecule has 2 fully saturated rings. The normalized spacial score (nSPS) is 24.9. The summed E-state index contributed by atoms with van der Waals surface area (Å²) in [7, 11) is 1.71. The van der Waals surface area contributed by atoms with E-state index in [4.69, 9.17) is 4.74 Å². The van der Waals surface area contributed by atoms with Crippen LogP contribution < -0.4 is 5.32 Å². The summed E-state index contributed by atoms with van der Waals surface area (Å²) in [5.74, 6) is -0.192. The fourth-order valence-electron chi connectivity index (χ4n) is 2.44. The second-order valence-electron chi connectivity index (χ2n) is 5.91. The van der Waals surface area contributed by atoms with Gasteiger partial charge in [0.15, 0.2) is 0 Å². The van der Waals surface area contributed by atoms with Crippen molar-refractivity contribution in [3.63, 3.8) is 0 Å². The Morgan fingerprint density at radius 2 is 2.20 bits per heavy atom. The Kier molecular flexibility index (Phi) is 3.99. The monoisotopic (exact) mass is 283 g/mol. The molecule has 4 amide bonds. The van der Waals surface area contributed by atoms with E-state index in [2.05, 4.69) is 5.32 Å². The quantitative estimate of drug-likeness (QED) is 0.725. The number of hydrogen-bond acceptors (Lipinski definition) is 4. The molecule has 20 heavy (non-hydrogen) atoms. The third-order valence-electron chi connectivity index (χ3n) is 3.97. The maximum Gasteiger partial charge on any atom is 0.325 e. The van der Waals surface area contributed by atoms with Crippen LogP contribution in [0.15, 0.2) is 0 Å². The molecule has 0 saturated carbocycles. The summed E-state index contributed by atoms with van der Waals surface area (Å²) < 4.78 is 5.28. The predicted octanol–water partition coefficient (Wildman–Crippen LogP) is -0.188. The van der Waals surface area contributed by atoms with Crippen LogP contribution in [0.25, 0.3) is 0 Å². The number of nitrogens with one attached hydrogen (secondary N) is 1. The van der Waals surface area contributed by atoms with Crippen molar-refractivity contribution in [2.45, 2.75) is 25.8 Å². The van der Waals surface area contributed by atoms with E-state index in [1.807, 2.05) is 0 Å². The van der Waals surface area contributed by atoms with Gasteiger partial charge in [0, 0.05) is 26.1 Å². The molecule has 0 aromatic carbocycles. The zero-order chi connectivity index (χ0) is 14.9. The Morgan fingerprint density at radius 1 is 1.50 bits per heavy atom. The van der Waals surface area contributed by atoms with Gasteiger partial charge in [-0.3, -0.25) is 14.9 Å². The molecule has 0 radical (unpaired) electrons. The lowest BCUT2D eigenvalue weighted by atomic mass is 10.0. The lowest BCUT2D eigenvalue weighted by Gasteiger charge is -2.29. The number of hydrogen-bond donors (Lipinski definition) is 1. The number of imide groups is 1. The highest BCUT2D eigenvalue weighted by molar-refractivity contribution is 6.07. The molecular formula is C13H21N3O4. The molecule has 0 bridgehead atoms. The van der Waals surface area contributed by atoms with Crippen molar-refractivity contribution < 1.29 is 19.1 Å². The molecule has 0 unspecified atom stereocenters. The van der Waals surface area contributed by atoms with Crippen LogP contribution in [0, 0.1) is 5.92 Å². The minimum Gasteiger partial charge on any atom is -0.381 e. The van der Waals surface area contributed by atoms with Crippen LogP contribution in [0.5, 0.6) is 0 Å². The Labute approximate surface area is 118 Å². The number of rotatable bonds is 4. The van der Waals surface area contributed by atoms with E-state index >= 15 is 0 Å². The molecule has 0 spiro atoms. The van der Waals surface area contributed by atoms with E-state index in [0.717, 1.165) is 13.0 Å². The molecule has 2 aliphatic heterocycles. The van der Waals surface area contributed by atoms with Gasteiger partial charge < -0.3 is 14.5 Å². The fourth-order valence-corrected chi connectivity index (χ4v) is 2.44. The van der Waals surface area contributed by atoms with Crippen molar-refractivity contribution in [2.75, 3.05) is 33.4 Å². The minimum absolute atomic E-state index is 0.0886. The lowest BCUT2D eigenvalue weighted by molar-refractivity contribution is -0.133. The zero-order valence-electron chi connectivity index (χ0n) is 12.1. The van der Waals surface area contributed by atoms with Crippen LogP contribution in [0.3, 0.4) is 0 Å². The van der Waals surface area contributed by atoms with Gasteiger partial charge in [-0.25, -0.2) is 4.79 Å². The van der Waals surface area contributed by atoms with Gasteiger partial charge in [0.2, 0.25) is 5.91 Å². The number of ether oxygens (including phenoxy) is 1. The molecule has 7 heteroatoms. The number of urea groups is 1. The summed E-state index contributed by atoms with van der Waals surface area (Å²) in [5.41, 5.74) is -0.982. The van der Waals surface area contributed by atoms with Crippen LogP contribution in [-0.2, 0) is 14.3 Å². The Bertz CT molecular complexity index is 429.